The number of piperazine rings is 1. The van der Waals surface area contributed by atoms with E-state index in [2.05, 4.69) is 35.9 Å². The molecule has 1 N–H and O–H groups in total. The molecule has 0 aromatic heterocycles. The van der Waals surface area contributed by atoms with E-state index in [0.717, 1.165) is 25.6 Å². The van der Waals surface area contributed by atoms with Gasteiger partial charge in [0.05, 0.1) is 12.2 Å². The molecule has 4 nitrogen and oxygen atoms in total. The number of likely N-dealkylation sites (N-methyl/N-ethyl adjacent to an activating group) is 1. The molecule has 0 aromatic carbocycles. The van der Waals surface area contributed by atoms with Crippen LogP contribution in [-0.2, 0) is 4.74 Å². The van der Waals surface area contributed by atoms with E-state index in [9.17, 15) is 0 Å². The predicted octanol–water partition coefficient (Wildman–Crippen LogP) is 1.42. The lowest BCUT2D eigenvalue weighted by atomic mass is 10.1. The van der Waals surface area contributed by atoms with Gasteiger partial charge in [-0.2, -0.15) is 0 Å². The van der Waals surface area contributed by atoms with Crippen molar-refractivity contribution in [2.75, 3.05) is 52.4 Å². The predicted molar refractivity (Wildman–Crippen MR) is 84.2 cm³/mol. The molecular formula is C16H33N3O. The van der Waals surface area contributed by atoms with Crippen molar-refractivity contribution in [2.45, 2.75) is 45.8 Å². The first-order valence-corrected chi connectivity index (χ1v) is 8.48. The minimum Gasteiger partial charge on any atom is -0.372 e. The normalized spacial score (nSPS) is 29.4. The second-order valence-electron chi connectivity index (χ2n) is 6.74. The molecule has 20 heavy (non-hydrogen) atoms. The molecule has 118 valence electrons. The molecule has 2 rings (SSSR count). The first kappa shape index (κ1) is 16.2. The second-order valence-corrected chi connectivity index (χ2v) is 6.74. The van der Waals surface area contributed by atoms with Crippen LogP contribution in [-0.4, -0.2) is 74.4 Å². The Morgan fingerprint density at radius 1 is 1.05 bits per heavy atom. The number of nitrogens with zero attached hydrogens (tertiary/aromatic N) is 2. The summed E-state index contributed by atoms with van der Waals surface area (Å²) in [6, 6.07) is 0. The van der Waals surface area contributed by atoms with Gasteiger partial charge in [0.2, 0.25) is 0 Å². The van der Waals surface area contributed by atoms with Gasteiger partial charge < -0.3 is 15.0 Å². The van der Waals surface area contributed by atoms with Crippen molar-refractivity contribution >= 4 is 0 Å². The lowest BCUT2D eigenvalue weighted by Gasteiger charge is -2.35. The van der Waals surface area contributed by atoms with Crippen LogP contribution in [0.3, 0.4) is 0 Å². The van der Waals surface area contributed by atoms with E-state index >= 15 is 0 Å². The van der Waals surface area contributed by atoms with Crippen molar-refractivity contribution < 1.29 is 4.74 Å². The molecule has 4 heteroatoms. The first-order chi connectivity index (χ1) is 9.67. The summed E-state index contributed by atoms with van der Waals surface area (Å²) in [5.74, 6) is 0.724. The Kier molecular flexibility index (Phi) is 6.75. The van der Waals surface area contributed by atoms with Crippen LogP contribution in [0.15, 0.2) is 0 Å². The van der Waals surface area contributed by atoms with Gasteiger partial charge in [0.1, 0.15) is 0 Å². The number of hydrogen-bond donors (Lipinski definition) is 1. The van der Waals surface area contributed by atoms with Gasteiger partial charge in [-0.25, -0.2) is 0 Å². The van der Waals surface area contributed by atoms with Crippen molar-refractivity contribution in [3.63, 3.8) is 0 Å². The maximum absolute atomic E-state index is 6.18. The molecule has 2 aliphatic heterocycles. The van der Waals surface area contributed by atoms with Gasteiger partial charge in [-0.1, -0.05) is 20.8 Å². The Bertz CT molecular complexity index is 264. The van der Waals surface area contributed by atoms with Crippen LogP contribution >= 0.6 is 0 Å². The fraction of sp³-hybridized carbons (Fsp3) is 1.00. The van der Waals surface area contributed by atoms with Crippen LogP contribution in [0.4, 0.5) is 0 Å². The summed E-state index contributed by atoms with van der Waals surface area (Å²) in [6.45, 7) is 16.1. The number of nitrogens with one attached hydrogen (secondary N) is 1. The molecule has 0 aliphatic carbocycles. The Balaban J connectivity index is 1.59. The molecule has 0 bridgehead atoms. The van der Waals surface area contributed by atoms with Gasteiger partial charge in [0.25, 0.3) is 0 Å². The highest BCUT2D eigenvalue weighted by molar-refractivity contribution is 4.80. The van der Waals surface area contributed by atoms with E-state index in [1.165, 1.54) is 45.6 Å². The summed E-state index contributed by atoms with van der Waals surface area (Å²) in [4.78, 5) is 5.12. The molecule has 0 spiro atoms. The molecule has 0 amide bonds. The molecule has 2 fully saturated rings. The van der Waals surface area contributed by atoms with E-state index in [-0.39, 0.29) is 0 Å². The van der Waals surface area contributed by atoms with E-state index in [0.29, 0.717) is 12.2 Å². The third kappa shape index (κ3) is 5.32. The summed E-state index contributed by atoms with van der Waals surface area (Å²) in [6.07, 6.45) is 3.37. The Hall–Kier alpha value is -0.160. The van der Waals surface area contributed by atoms with Crippen LogP contribution in [0.25, 0.3) is 0 Å². The smallest absolute Gasteiger partial charge is 0.0707 e. The Labute approximate surface area is 124 Å². The Morgan fingerprint density at radius 3 is 2.35 bits per heavy atom. The van der Waals surface area contributed by atoms with Crippen LogP contribution in [0.5, 0.6) is 0 Å². The third-order valence-electron chi connectivity index (χ3n) is 4.49. The maximum Gasteiger partial charge on any atom is 0.0707 e. The van der Waals surface area contributed by atoms with E-state index in [1.54, 1.807) is 0 Å². The zero-order chi connectivity index (χ0) is 14.4. The average molecular weight is 283 g/mol. The molecule has 0 aromatic rings. The summed E-state index contributed by atoms with van der Waals surface area (Å²) >= 11 is 0. The van der Waals surface area contributed by atoms with Crippen LogP contribution in [0.1, 0.15) is 33.6 Å². The third-order valence-corrected chi connectivity index (χ3v) is 4.49. The van der Waals surface area contributed by atoms with E-state index < -0.39 is 0 Å². The van der Waals surface area contributed by atoms with E-state index in [4.69, 9.17) is 4.74 Å². The lowest BCUT2D eigenvalue weighted by molar-refractivity contribution is 0.0130. The van der Waals surface area contributed by atoms with Gasteiger partial charge in [0, 0.05) is 39.3 Å². The largest absolute Gasteiger partial charge is 0.372 e. The number of rotatable bonds is 7. The minimum absolute atomic E-state index is 0.440. The molecule has 2 heterocycles. The van der Waals surface area contributed by atoms with Gasteiger partial charge in [0.15, 0.2) is 0 Å². The zero-order valence-corrected chi connectivity index (χ0v) is 13.6. The summed E-state index contributed by atoms with van der Waals surface area (Å²) in [7, 11) is 0. The SMILES string of the molecule is CCN1CCN(CC2CCC(CNCC(C)C)O2)CC1. The monoisotopic (exact) mass is 283 g/mol. The number of hydrogen-bond acceptors (Lipinski definition) is 4. The fourth-order valence-electron chi connectivity index (χ4n) is 3.17. The van der Waals surface area contributed by atoms with E-state index in [1.807, 2.05) is 0 Å². The molecule has 2 saturated heterocycles. The number of ether oxygens (including phenoxy) is 1. The quantitative estimate of drug-likeness (QED) is 0.765. The topological polar surface area (TPSA) is 27.7 Å². The van der Waals surface area contributed by atoms with Gasteiger partial charge in [-0.15, -0.1) is 0 Å². The molecular weight excluding hydrogens is 250 g/mol. The Morgan fingerprint density at radius 2 is 1.70 bits per heavy atom. The molecule has 0 radical (unpaired) electrons. The minimum atomic E-state index is 0.440. The summed E-state index contributed by atoms with van der Waals surface area (Å²) in [5.41, 5.74) is 0. The molecule has 2 unspecified atom stereocenters. The van der Waals surface area contributed by atoms with Crippen molar-refractivity contribution in [2.24, 2.45) is 5.92 Å². The van der Waals surface area contributed by atoms with Gasteiger partial charge >= 0.3 is 0 Å². The van der Waals surface area contributed by atoms with Crippen LogP contribution in [0.2, 0.25) is 0 Å². The zero-order valence-electron chi connectivity index (χ0n) is 13.6. The second kappa shape index (κ2) is 8.32. The van der Waals surface area contributed by atoms with Crippen LogP contribution in [0, 0.1) is 5.92 Å². The highest BCUT2D eigenvalue weighted by Crippen LogP contribution is 2.20. The van der Waals surface area contributed by atoms with Gasteiger partial charge in [-0.3, -0.25) is 4.90 Å². The van der Waals surface area contributed by atoms with Crippen LogP contribution < -0.4 is 5.32 Å². The first-order valence-electron chi connectivity index (χ1n) is 8.48. The van der Waals surface area contributed by atoms with Crippen molar-refractivity contribution in [3.8, 4) is 0 Å². The van der Waals surface area contributed by atoms with Crippen molar-refractivity contribution in [1.29, 1.82) is 0 Å². The molecule has 0 saturated carbocycles. The summed E-state index contributed by atoms with van der Waals surface area (Å²) < 4.78 is 6.18. The maximum atomic E-state index is 6.18. The lowest BCUT2D eigenvalue weighted by Crippen LogP contribution is -2.48. The highest BCUT2D eigenvalue weighted by atomic mass is 16.5. The highest BCUT2D eigenvalue weighted by Gasteiger charge is 2.27. The fourth-order valence-corrected chi connectivity index (χ4v) is 3.17. The van der Waals surface area contributed by atoms with Crippen molar-refractivity contribution in [3.05, 3.63) is 0 Å². The van der Waals surface area contributed by atoms with Crippen molar-refractivity contribution in [1.82, 2.24) is 15.1 Å². The summed E-state index contributed by atoms with van der Waals surface area (Å²) in [5, 5.41) is 3.52. The standard InChI is InChI=1S/C16H33N3O/c1-4-18-7-9-19(10-8-18)13-16-6-5-15(20-16)12-17-11-14(2)3/h14-17H,4-13H2,1-3H3. The average Bonchev–Trinajstić information content (AvgIpc) is 2.87. The molecule has 2 aliphatic rings. The van der Waals surface area contributed by atoms with Gasteiger partial charge in [-0.05, 0) is 31.8 Å². The molecule has 2 atom stereocenters.